The van der Waals surface area contributed by atoms with Gasteiger partial charge in [-0.1, -0.05) is 19.9 Å². The van der Waals surface area contributed by atoms with Gasteiger partial charge in [-0.15, -0.1) is 0 Å². The Labute approximate surface area is 152 Å². The maximum atomic E-state index is 12.9. The SMILES string of the molecule is C=C1C2C[C@@H](O)[C@H]3[C@@]4(CCC[C@@]5(C)COC(=O)[C@H]54)COC(=O)[C@]3(C2)[C@@H]1O. The summed E-state index contributed by atoms with van der Waals surface area (Å²) < 4.78 is 11.1. The molecule has 5 aliphatic rings. The molecule has 1 unspecified atom stereocenters. The minimum absolute atomic E-state index is 0.0792. The van der Waals surface area contributed by atoms with Gasteiger partial charge in [0, 0.05) is 16.7 Å². The van der Waals surface area contributed by atoms with Crippen LogP contribution in [0.5, 0.6) is 0 Å². The lowest BCUT2D eigenvalue weighted by molar-refractivity contribution is -0.238. The third kappa shape index (κ3) is 1.66. The van der Waals surface area contributed by atoms with E-state index in [1.165, 1.54) is 0 Å². The average molecular weight is 362 g/mol. The molecule has 2 spiro atoms. The van der Waals surface area contributed by atoms with E-state index in [1.54, 1.807) is 0 Å². The number of aliphatic hydroxyl groups is 2. The fourth-order valence-corrected chi connectivity index (χ4v) is 7.44. The van der Waals surface area contributed by atoms with Crippen molar-refractivity contribution in [1.29, 1.82) is 0 Å². The van der Waals surface area contributed by atoms with Gasteiger partial charge < -0.3 is 19.7 Å². The zero-order valence-electron chi connectivity index (χ0n) is 15.1. The minimum atomic E-state index is -1.18. The molecule has 6 heteroatoms. The molecule has 6 nitrogen and oxygen atoms in total. The van der Waals surface area contributed by atoms with Crippen molar-refractivity contribution in [3.63, 3.8) is 0 Å². The van der Waals surface area contributed by atoms with Crippen LogP contribution in [0.1, 0.15) is 39.0 Å². The molecule has 5 fully saturated rings. The molecule has 26 heavy (non-hydrogen) atoms. The Kier molecular flexibility index (Phi) is 3.16. The number of cyclic esters (lactones) is 2. The monoisotopic (exact) mass is 362 g/mol. The van der Waals surface area contributed by atoms with E-state index in [-0.39, 0.29) is 23.9 Å². The van der Waals surface area contributed by atoms with Crippen LogP contribution in [0.3, 0.4) is 0 Å². The van der Waals surface area contributed by atoms with Gasteiger partial charge in [0.2, 0.25) is 0 Å². The van der Waals surface area contributed by atoms with E-state index in [0.29, 0.717) is 31.4 Å². The first kappa shape index (κ1) is 16.8. The lowest BCUT2D eigenvalue weighted by Gasteiger charge is -2.60. The second-order valence-corrected chi connectivity index (χ2v) is 9.56. The summed E-state index contributed by atoms with van der Waals surface area (Å²) >= 11 is 0. The van der Waals surface area contributed by atoms with Crippen LogP contribution in [0.25, 0.3) is 0 Å². The van der Waals surface area contributed by atoms with Crippen LogP contribution < -0.4 is 0 Å². The molecular formula is C20H26O6. The Morgan fingerprint density at radius 1 is 1.15 bits per heavy atom. The molecule has 0 aromatic heterocycles. The van der Waals surface area contributed by atoms with E-state index in [2.05, 4.69) is 13.5 Å². The molecule has 2 N–H and O–H groups in total. The van der Waals surface area contributed by atoms with E-state index in [4.69, 9.17) is 9.47 Å². The topological polar surface area (TPSA) is 93.1 Å². The summed E-state index contributed by atoms with van der Waals surface area (Å²) in [5.41, 5.74) is -1.55. The number of aliphatic hydroxyl groups excluding tert-OH is 2. The van der Waals surface area contributed by atoms with E-state index >= 15 is 0 Å². The predicted octanol–water partition coefficient (Wildman–Crippen LogP) is 1.20. The summed E-state index contributed by atoms with van der Waals surface area (Å²) in [6, 6.07) is 0. The second-order valence-electron chi connectivity index (χ2n) is 9.56. The van der Waals surface area contributed by atoms with Crippen LogP contribution in [0.4, 0.5) is 0 Å². The zero-order valence-corrected chi connectivity index (χ0v) is 15.1. The van der Waals surface area contributed by atoms with Crippen molar-refractivity contribution in [1.82, 2.24) is 0 Å². The third-order valence-electron chi connectivity index (χ3n) is 8.33. The molecule has 8 atom stereocenters. The summed E-state index contributed by atoms with van der Waals surface area (Å²) in [5, 5.41) is 22.1. The standard InChI is InChI=1S/C20H26O6/c1-10-11-6-12(21)13-19(9-26-17(24)20(13,7-11)15(10)22)5-3-4-18(2)8-25-16(23)14(18)19/h11-15,21-22H,1,3-9H2,2H3/t11?,12-,13+,14-,15-,18+,19-,20+/m1/s1. The Morgan fingerprint density at radius 3 is 2.69 bits per heavy atom. The van der Waals surface area contributed by atoms with E-state index in [9.17, 15) is 19.8 Å². The average Bonchev–Trinajstić information content (AvgIpc) is 3.01. The van der Waals surface area contributed by atoms with Crippen molar-refractivity contribution in [3.8, 4) is 0 Å². The summed E-state index contributed by atoms with van der Waals surface area (Å²) in [4.78, 5) is 25.7. The maximum Gasteiger partial charge on any atom is 0.315 e. The Hall–Kier alpha value is -1.40. The van der Waals surface area contributed by atoms with Gasteiger partial charge in [0.1, 0.15) is 5.41 Å². The van der Waals surface area contributed by atoms with Crippen LogP contribution in [-0.2, 0) is 19.1 Å². The summed E-state index contributed by atoms with van der Waals surface area (Å²) in [6.45, 7) is 6.56. The summed E-state index contributed by atoms with van der Waals surface area (Å²) in [6.07, 6.45) is 1.62. The number of rotatable bonds is 0. The first-order chi connectivity index (χ1) is 12.3. The van der Waals surface area contributed by atoms with Crippen LogP contribution in [0.15, 0.2) is 12.2 Å². The molecule has 5 rings (SSSR count). The molecule has 0 radical (unpaired) electrons. The van der Waals surface area contributed by atoms with Gasteiger partial charge in [-0.3, -0.25) is 9.59 Å². The van der Waals surface area contributed by atoms with Crippen LogP contribution in [0, 0.1) is 34.0 Å². The summed E-state index contributed by atoms with van der Waals surface area (Å²) in [5.74, 6) is -1.69. The highest BCUT2D eigenvalue weighted by Gasteiger charge is 2.75. The van der Waals surface area contributed by atoms with Gasteiger partial charge in [0.15, 0.2) is 0 Å². The third-order valence-corrected chi connectivity index (χ3v) is 8.33. The fraction of sp³-hybridized carbons (Fsp3) is 0.800. The van der Waals surface area contributed by atoms with Gasteiger partial charge in [-0.05, 0) is 37.2 Å². The van der Waals surface area contributed by atoms with Gasteiger partial charge in [0.25, 0.3) is 0 Å². The number of ether oxygens (including phenoxy) is 2. The van der Waals surface area contributed by atoms with Crippen molar-refractivity contribution >= 4 is 11.9 Å². The van der Waals surface area contributed by atoms with E-state index in [1.807, 2.05) is 0 Å². The molecule has 2 bridgehead atoms. The Morgan fingerprint density at radius 2 is 1.92 bits per heavy atom. The van der Waals surface area contributed by atoms with Crippen molar-refractivity contribution in [2.75, 3.05) is 13.2 Å². The van der Waals surface area contributed by atoms with Gasteiger partial charge in [0.05, 0.1) is 31.3 Å². The van der Waals surface area contributed by atoms with Gasteiger partial charge in [-0.25, -0.2) is 0 Å². The van der Waals surface area contributed by atoms with Gasteiger partial charge in [-0.2, -0.15) is 0 Å². The number of esters is 2. The highest BCUT2D eigenvalue weighted by Crippen LogP contribution is 2.69. The number of carbonyl (C=O) groups excluding carboxylic acids is 2. The lowest BCUT2D eigenvalue weighted by atomic mass is 9.44. The van der Waals surface area contributed by atoms with E-state index < -0.39 is 40.8 Å². The Balaban J connectivity index is 1.70. The number of hydrogen-bond donors (Lipinski definition) is 2. The molecule has 2 saturated heterocycles. The number of hydrogen-bond acceptors (Lipinski definition) is 6. The molecule has 0 amide bonds. The molecule has 0 aromatic rings. The first-order valence-corrected chi connectivity index (χ1v) is 9.65. The van der Waals surface area contributed by atoms with Crippen molar-refractivity contribution in [2.24, 2.45) is 34.0 Å². The molecule has 2 heterocycles. The molecular weight excluding hydrogens is 336 g/mol. The van der Waals surface area contributed by atoms with Crippen LogP contribution in [-0.4, -0.2) is 47.6 Å². The fourth-order valence-electron chi connectivity index (χ4n) is 7.44. The minimum Gasteiger partial charge on any atom is -0.465 e. The molecule has 142 valence electrons. The van der Waals surface area contributed by atoms with Crippen LogP contribution in [0.2, 0.25) is 0 Å². The smallest absolute Gasteiger partial charge is 0.315 e. The van der Waals surface area contributed by atoms with Crippen molar-refractivity contribution < 1.29 is 29.3 Å². The number of carbonyl (C=O) groups is 2. The maximum absolute atomic E-state index is 12.9. The quantitative estimate of drug-likeness (QED) is 0.497. The zero-order chi connectivity index (χ0) is 18.5. The van der Waals surface area contributed by atoms with Crippen LogP contribution >= 0.6 is 0 Å². The van der Waals surface area contributed by atoms with E-state index in [0.717, 1.165) is 12.8 Å². The highest BCUT2D eigenvalue weighted by atomic mass is 16.5. The second kappa shape index (κ2) is 4.90. The van der Waals surface area contributed by atoms with Gasteiger partial charge >= 0.3 is 11.9 Å². The molecule has 3 saturated carbocycles. The summed E-state index contributed by atoms with van der Waals surface area (Å²) in [7, 11) is 0. The predicted molar refractivity (Wildman–Crippen MR) is 89.6 cm³/mol. The largest absolute Gasteiger partial charge is 0.465 e. The first-order valence-electron chi connectivity index (χ1n) is 9.65. The number of fused-ring (bicyclic) bond motifs is 4. The highest BCUT2D eigenvalue weighted by molar-refractivity contribution is 5.83. The Bertz CT molecular complexity index is 717. The molecule has 2 aliphatic heterocycles. The lowest BCUT2D eigenvalue weighted by Crippen LogP contribution is -2.67. The normalized spacial score (nSPS) is 55.3. The van der Waals surface area contributed by atoms with Crippen molar-refractivity contribution in [2.45, 2.75) is 51.2 Å². The van der Waals surface area contributed by atoms with Crippen molar-refractivity contribution in [3.05, 3.63) is 12.2 Å². The molecule has 3 aliphatic carbocycles. The molecule has 0 aromatic carbocycles.